The van der Waals surface area contributed by atoms with E-state index in [1.165, 1.54) is 137 Å². The summed E-state index contributed by atoms with van der Waals surface area (Å²) in [5.41, 5.74) is 0. The van der Waals surface area contributed by atoms with Crippen LogP contribution in [0.5, 0.6) is 0 Å². The Bertz CT molecular complexity index is 1010. The average molecular weight is 1050 g/mol. The van der Waals surface area contributed by atoms with Crippen molar-refractivity contribution in [3.8, 4) is 0 Å². The number of carbonyl (C=O) groups excluding carboxylic acids is 3. The second kappa shape index (κ2) is 68.2. The number of hydrogen-bond donors (Lipinski definition) is 4. The van der Waals surface area contributed by atoms with Gasteiger partial charge in [-0.3, -0.25) is 14.4 Å². The summed E-state index contributed by atoms with van der Waals surface area (Å²) in [5.74, 6) is -0.302. The van der Waals surface area contributed by atoms with Gasteiger partial charge in [0.25, 0.3) is 0 Å². The zero-order valence-electron chi connectivity index (χ0n) is 47.6. The van der Waals surface area contributed by atoms with Crippen molar-refractivity contribution in [2.45, 2.75) is 309 Å². The SMILES string of the molecule is CC(C)O.CCCCCCC(O)CC=CCCCCCCCC(=O)OC.CCCCCCC(O)CC=CCCCCCCCC(=O)OC.CCCCCCC(O)CC=CCCCCCCCC(=O)OC.[Ti]. The van der Waals surface area contributed by atoms with E-state index in [4.69, 9.17) is 5.11 Å². The van der Waals surface area contributed by atoms with Crippen LogP contribution < -0.4 is 0 Å². The molecule has 10 nitrogen and oxygen atoms in total. The van der Waals surface area contributed by atoms with E-state index in [1.807, 2.05) is 0 Å². The predicted molar refractivity (Wildman–Crippen MR) is 296 cm³/mol. The van der Waals surface area contributed by atoms with Crippen molar-refractivity contribution in [1.82, 2.24) is 0 Å². The maximum atomic E-state index is 10.9. The molecule has 0 aliphatic carbocycles. The van der Waals surface area contributed by atoms with Crippen molar-refractivity contribution >= 4 is 17.9 Å². The van der Waals surface area contributed by atoms with Gasteiger partial charge in [0.2, 0.25) is 0 Å². The van der Waals surface area contributed by atoms with Crippen LogP contribution in [0.3, 0.4) is 0 Å². The van der Waals surface area contributed by atoms with Gasteiger partial charge in [-0.2, -0.15) is 0 Å². The summed E-state index contributed by atoms with van der Waals surface area (Å²) >= 11 is 0. The topological polar surface area (TPSA) is 160 Å². The van der Waals surface area contributed by atoms with Crippen LogP contribution in [-0.4, -0.2) is 84.1 Å². The molecule has 0 aliphatic heterocycles. The number of ether oxygens (including phenoxy) is 3. The minimum absolute atomic E-state index is 0. The molecular weight excluding hydrogens is 929 g/mol. The van der Waals surface area contributed by atoms with E-state index >= 15 is 0 Å². The maximum absolute atomic E-state index is 10.9. The fourth-order valence-electron chi connectivity index (χ4n) is 7.38. The first-order valence-corrected chi connectivity index (χ1v) is 28.7. The number of esters is 3. The summed E-state index contributed by atoms with van der Waals surface area (Å²) in [6, 6.07) is 0. The molecule has 11 heteroatoms. The van der Waals surface area contributed by atoms with Crippen LogP contribution in [0.25, 0.3) is 0 Å². The molecule has 0 bridgehead atoms. The molecule has 420 valence electrons. The normalized spacial score (nSPS) is 12.3. The molecule has 0 aromatic carbocycles. The molecule has 0 aromatic rings. The molecule has 0 saturated heterocycles. The molecular formula is C60H116O10Ti. The van der Waals surface area contributed by atoms with Crippen LogP contribution >= 0.6 is 0 Å². The minimum Gasteiger partial charge on any atom is -0.469 e. The summed E-state index contributed by atoms with van der Waals surface area (Å²) in [6.07, 6.45) is 54.1. The number of unbranched alkanes of at least 4 members (excludes halogenated alkanes) is 24. The smallest absolute Gasteiger partial charge is 0.305 e. The van der Waals surface area contributed by atoms with E-state index < -0.39 is 0 Å². The Morgan fingerprint density at radius 3 is 0.789 bits per heavy atom. The van der Waals surface area contributed by atoms with E-state index in [2.05, 4.69) is 71.4 Å². The average Bonchev–Trinajstić information content (AvgIpc) is 3.34. The number of hydrogen-bond acceptors (Lipinski definition) is 10. The molecule has 3 atom stereocenters. The zero-order chi connectivity index (χ0) is 53.0. The third-order valence-electron chi connectivity index (χ3n) is 11.8. The van der Waals surface area contributed by atoms with Gasteiger partial charge >= 0.3 is 17.9 Å². The third kappa shape index (κ3) is 79.8. The van der Waals surface area contributed by atoms with E-state index in [9.17, 15) is 29.7 Å². The molecule has 0 amide bonds. The van der Waals surface area contributed by atoms with Gasteiger partial charge < -0.3 is 34.6 Å². The van der Waals surface area contributed by atoms with Crippen LogP contribution in [-0.2, 0) is 50.3 Å². The van der Waals surface area contributed by atoms with Gasteiger partial charge in [-0.05, 0) is 110 Å². The molecule has 71 heavy (non-hydrogen) atoms. The second-order valence-electron chi connectivity index (χ2n) is 19.4. The second-order valence-corrected chi connectivity index (χ2v) is 19.4. The van der Waals surface area contributed by atoms with Gasteiger partial charge in [-0.25, -0.2) is 0 Å². The first-order chi connectivity index (χ1) is 33.8. The molecule has 0 saturated carbocycles. The summed E-state index contributed by atoms with van der Waals surface area (Å²) in [7, 11) is 4.32. The van der Waals surface area contributed by atoms with Gasteiger partial charge in [-0.15, -0.1) is 0 Å². The van der Waals surface area contributed by atoms with Gasteiger partial charge in [0.15, 0.2) is 0 Å². The van der Waals surface area contributed by atoms with Crippen LogP contribution in [0.2, 0.25) is 0 Å². The third-order valence-corrected chi connectivity index (χ3v) is 11.8. The van der Waals surface area contributed by atoms with Crippen LogP contribution in [0.4, 0.5) is 0 Å². The number of aliphatic hydroxyl groups excluding tert-OH is 4. The Balaban J connectivity index is -0.000000293. The quantitative estimate of drug-likeness (QED) is 0.0152. The predicted octanol–water partition coefficient (Wildman–Crippen LogP) is 15.9. The minimum atomic E-state index is -0.167. The molecule has 0 aromatic heterocycles. The summed E-state index contributed by atoms with van der Waals surface area (Å²) in [6.45, 7) is 10.1. The molecule has 0 fully saturated rings. The van der Waals surface area contributed by atoms with Crippen molar-refractivity contribution in [2.75, 3.05) is 21.3 Å². The number of methoxy groups -OCH3 is 3. The van der Waals surface area contributed by atoms with Crippen molar-refractivity contribution in [3.05, 3.63) is 36.5 Å². The fourth-order valence-corrected chi connectivity index (χ4v) is 7.38. The van der Waals surface area contributed by atoms with E-state index in [-0.39, 0.29) is 64.0 Å². The Kier molecular flexibility index (Phi) is 75.0. The van der Waals surface area contributed by atoms with E-state index in [1.54, 1.807) is 13.8 Å². The van der Waals surface area contributed by atoms with Crippen LogP contribution in [0.1, 0.15) is 285 Å². The van der Waals surface area contributed by atoms with Crippen LogP contribution in [0, 0.1) is 0 Å². The first kappa shape index (κ1) is 78.1. The number of carbonyl (C=O) groups is 3. The molecule has 0 heterocycles. The van der Waals surface area contributed by atoms with Crippen molar-refractivity contribution in [2.24, 2.45) is 0 Å². The molecule has 0 spiro atoms. The molecule has 4 N–H and O–H groups in total. The summed E-state index contributed by atoms with van der Waals surface area (Å²) in [5, 5.41) is 37.5. The molecule has 3 unspecified atom stereocenters. The van der Waals surface area contributed by atoms with E-state index in [0.717, 1.165) is 116 Å². The summed E-state index contributed by atoms with van der Waals surface area (Å²) in [4.78, 5) is 32.8. The summed E-state index contributed by atoms with van der Waals surface area (Å²) < 4.78 is 13.8. The van der Waals surface area contributed by atoms with Gasteiger partial charge in [0.1, 0.15) is 0 Å². The largest absolute Gasteiger partial charge is 0.469 e. The Morgan fingerprint density at radius 2 is 0.563 bits per heavy atom. The monoisotopic (exact) mass is 1040 g/mol. The Hall–Kier alpha value is -1.82. The van der Waals surface area contributed by atoms with Gasteiger partial charge in [0.05, 0.1) is 39.6 Å². The van der Waals surface area contributed by atoms with Crippen molar-refractivity contribution in [3.63, 3.8) is 0 Å². The Labute approximate surface area is 453 Å². The first-order valence-electron chi connectivity index (χ1n) is 28.7. The van der Waals surface area contributed by atoms with Crippen molar-refractivity contribution in [1.29, 1.82) is 0 Å². The molecule has 0 aliphatic rings. The Morgan fingerprint density at radius 1 is 0.352 bits per heavy atom. The number of rotatable bonds is 45. The maximum Gasteiger partial charge on any atom is 0.305 e. The van der Waals surface area contributed by atoms with Crippen LogP contribution in [0.15, 0.2) is 36.5 Å². The number of aliphatic hydroxyl groups is 4. The van der Waals surface area contributed by atoms with Crippen molar-refractivity contribution < 1.29 is 70.7 Å². The standard InChI is InChI=1S/3C19H36O3.C3H8O.Ti/c3*1-3-4-5-12-15-18(20)16-13-10-8-6-7-9-11-14-17-19(21)22-2;1-3(2)4;/h3*10,13,18,20H,3-9,11-12,14-17H2,1-2H3;3-4H,1-2H3;. The number of allylic oxidation sites excluding steroid dienone is 3. The van der Waals surface area contributed by atoms with E-state index in [0.29, 0.717) is 19.3 Å². The molecule has 0 radical (unpaired) electrons. The molecule has 0 rings (SSSR count). The zero-order valence-corrected chi connectivity index (χ0v) is 49.2. The van der Waals surface area contributed by atoms with Gasteiger partial charge in [0, 0.05) is 47.1 Å². The van der Waals surface area contributed by atoms with Gasteiger partial charge in [-0.1, -0.05) is 192 Å². The fraction of sp³-hybridized carbons (Fsp3) is 0.850.